The Hall–Kier alpha value is -0.660. The van der Waals surface area contributed by atoms with Gasteiger partial charge in [-0.2, -0.15) is 0 Å². The summed E-state index contributed by atoms with van der Waals surface area (Å²) in [6.07, 6.45) is 2.65. The average Bonchev–Trinajstić information content (AvgIpc) is 2.97. The summed E-state index contributed by atoms with van der Waals surface area (Å²) >= 11 is 0. The third kappa shape index (κ3) is 4.43. The normalized spacial score (nSPS) is 24.5. The zero-order valence-corrected chi connectivity index (χ0v) is 14.1. The van der Waals surface area contributed by atoms with Crippen molar-refractivity contribution in [3.05, 3.63) is 35.4 Å². The quantitative estimate of drug-likeness (QED) is 0.845. The van der Waals surface area contributed by atoms with Crippen LogP contribution in [0.15, 0.2) is 24.3 Å². The van der Waals surface area contributed by atoms with Gasteiger partial charge < -0.3 is 10.1 Å². The number of sulfonamides is 1. The van der Waals surface area contributed by atoms with Gasteiger partial charge in [0.15, 0.2) is 0 Å². The van der Waals surface area contributed by atoms with E-state index in [1.807, 2.05) is 12.1 Å². The first kappa shape index (κ1) is 17.7. The largest absolute Gasteiger partial charge is 0.377 e. The summed E-state index contributed by atoms with van der Waals surface area (Å²) in [5.74, 6) is 0.0708. The van der Waals surface area contributed by atoms with E-state index in [9.17, 15) is 8.42 Å². The van der Waals surface area contributed by atoms with E-state index >= 15 is 0 Å². The minimum Gasteiger partial charge on any atom is -0.377 e. The first-order valence-electron chi connectivity index (χ1n) is 7.54. The fraction of sp³-hybridized carbons (Fsp3) is 0.600. The van der Waals surface area contributed by atoms with Gasteiger partial charge in [-0.25, -0.2) is 13.1 Å². The number of benzene rings is 1. The molecule has 124 valence electrons. The molecule has 0 aliphatic carbocycles. The van der Waals surface area contributed by atoms with Gasteiger partial charge in [-0.3, -0.25) is 0 Å². The molecular weight excluding hydrogens is 324 g/mol. The predicted octanol–water partition coefficient (Wildman–Crippen LogP) is 1.39. The molecule has 3 rings (SSSR count). The van der Waals surface area contributed by atoms with E-state index in [0.29, 0.717) is 13.2 Å². The molecule has 1 aromatic rings. The monoisotopic (exact) mass is 346 g/mol. The van der Waals surface area contributed by atoms with Crippen LogP contribution in [0.2, 0.25) is 0 Å². The van der Waals surface area contributed by atoms with Gasteiger partial charge in [0.25, 0.3) is 0 Å². The van der Waals surface area contributed by atoms with E-state index in [-0.39, 0.29) is 30.3 Å². The minimum absolute atomic E-state index is 0. The highest BCUT2D eigenvalue weighted by Crippen LogP contribution is 2.22. The number of hydrogen-bond acceptors (Lipinski definition) is 4. The molecule has 2 heterocycles. The number of nitrogens with one attached hydrogen (secondary N) is 2. The lowest BCUT2D eigenvalue weighted by Crippen LogP contribution is -2.40. The van der Waals surface area contributed by atoms with Crippen LogP contribution in [0.3, 0.4) is 0 Å². The van der Waals surface area contributed by atoms with Crippen molar-refractivity contribution in [2.45, 2.75) is 31.4 Å². The van der Waals surface area contributed by atoms with Crippen molar-refractivity contribution in [2.75, 3.05) is 25.4 Å². The molecule has 0 bridgehead atoms. The smallest absolute Gasteiger partial charge is 0.214 e. The van der Waals surface area contributed by atoms with Gasteiger partial charge in [-0.05, 0) is 36.9 Å². The highest BCUT2D eigenvalue weighted by atomic mass is 35.5. The van der Waals surface area contributed by atoms with Crippen LogP contribution >= 0.6 is 12.4 Å². The summed E-state index contributed by atoms with van der Waals surface area (Å²) in [5, 5.41) is 3.38. The fourth-order valence-corrected chi connectivity index (χ4v) is 4.36. The summed E-state index contributed by atoms with van der Waals surface area (Å²) in [6.45, 7) is 1.96. The Balaban J connectivity index is 0.00000176. The Labute approximate surface area is 138 Å². The molecule has 0 radical (unpaired) electrons. The molecular formula is C15H23ClN2O3S. The fourth-order valence-electron chi connectivity index (χ4n) is 3.06. The second-order valence-electron chi connectivity index (χ2n) is 5.72. The summed E-state index contributed by atoms with van der Waals surface area (Å²) in [5.41, 5.74) is 2.50. The average molecular weight is 347 g/mol. The Kier molecular flexibility index (Phi) is 6.23. The summed E-state index contributed by atoms with van der Waals surface area (Å²) < 4.78 is 32.4. The Morgan fingerprint density at radius 3 is 2.91 bits per heavy atom. The van der Waals surface area contributed by atoms with Gasteiger partial charge in [0.1, 0.15) is 0 Å². The van der Waals surface area contributed by atoms with E-state index in [0.717, 1.165) is 25.8 Å². The van der Waals surface area contributed by atoms with Gasteiger partial charge in [-0.1, -0.05) is 24.3 Å². The topological polar surface area (TPSA) is 67.4 Å². The molecule has 2 N–H and O–H groups in total. The van der Waals surface area contributed by atoms with Crippen molar-refractivity contribution >= 4 is 22.4 Å². The summed E-state index contributed by atoms with van der Waals surface area (Å²) in [7, 11) is -3.28. The lowest BCUT2D eigenvalue weighted by Gasteiger charge is -2.27. The second-order valence-corrected chi connectivity index (χ2v) is 7.57. The molecule has 2 aliphatic heterocycles. The number of halogens is 1. The Morgan fingerprint density at radius 2 is 2.14 bits per heavy atom. The van der Waals surface area contributed by atoms with Crippen LogP contribution in [0.5, 0.6) is 0 Å². The van der Waals surface area contributed by atoms with Gasteiger partial charge in [0, 0.05) is 19.2 Å². The lowest BCUT2D eigenvalue weighted by atomic mass is 9.95. The zero-order chi connectivity index (χ0) is 14.7. The molecule has 0 aromatic heterocycles. The van der Waals surface area contributed by atoms with Crippen LogP contribution in [0, 0.1) is 0 Å². The van der Waals surface area contributed by atoms with Crippen LogP contribution in [-0.4, -0.2) is 40.0 Å². The maximum absolute atomic E-state index is 12.1. The van der Waals surface area contributed by atoms with Gasteiger partial charge >= 0.3 is 0 Å². The van der Waals surface area contributed by atoms with Gasteiger partial charge in [-0.15, -0.1) is 12.4 Å². The molecule has 1 fully saturated rings. The number of ether oxygens (including phenoxy) is 1. The lowest BCUT2D eigenvalue weighted by molar-refractivity contribution is 0.127. The molecule has 0 saturated carbocycles. The van der Waals surface area contributed by atoms with Crippen molar-refractivity contribution in [2.24, 2.45) is 0 Å². The summed E-state index contributed by atoms with van der Waals surface area (Å²) in [4.78, 5) is 0. The number of fused-ring (bicyclic) bond motifs is 1. The molecule has 2 aliphatic rings. The molecule has 7 heteroatoms. The van der Waals surface area contributed by atoms with Crippen molar-refractivity contribution < 1.29 is 13.2 Å². The zero-order valence-electron chi connectivity index (χ0n) is 12.5. The maximum atomic E-state index is 12.1. The van der Waals surface area contributed by atoms with E-state index in [1.165, 1.54) is 11.1 Å². The number of hydrogen-bond donors (Lipinski definition) is 2. The van der Waals surface area contributed by atoms with Crippen molar-refractivity contribution in [1.29, 1.82) is 0 Å². The Morgan fingerprint density at radius 1 is 1.32 bits per heavy atom. The summed E-state index contributed by atoms with van der Waals surface area (Å²) in [6, 6.07) is 8.27. The van der Waals surface area contributed by atoms with E-state index < -0.39 is 10.0 Å². The first-order chi connectivity index (χ1) is 10.1. The third-order valence-electron chi connectivity index (χ3n) is 4.15. The van der Waals surface area contributed by atoms with Crippen molar-refractivity contribution in [3.63, 3.8) is 0 Å². The standard InChI is InChI=1S/C15H22N2O3S.ClH/c18-21(19,11-13-5-3-9-20-13)17-10-15-14-6-2-1-4-12(14)7-8-16-15;/h1-2,4,6,13,15-17H,3,5,7-11H2;1H. The minimum atomic E-state index is -3.28. The van der Waals surface area contributed by atoms with Crippen LogP contribution < -0.4 is 10.0 Å². The molecule has 0 spiro atoms. The molecule has 2 unspecified atom stereocenters. The Bertz CT molecular complexity index is 588. The highest BCUT2D eigenvalue weighted by molar-refractivity contribution is 7.89. The van der Waals surface area contributed by atoms with E-state index in [2.05, 4.69) is 22.2 Å². The first-order valence-corrected chi connectivity index (χ1v) is 9.19. The predicted molar refractivity (Wildman–Crippen MR) is 88.9 cm³/mol. The molecule has 5 nitrogen and oxygen atoms in total. The number of rotatable bonds is 5. The van der Waals surface area contributed by atoms with Crippen molar-refractivity contribution in [3.8, 4) is 0 Å². The van der Waals surface area contributed by atoms with Crippen LogP contribution in [-0.2, 0) is 21.2 Å². The molecule has 1 aromatic carbocycles. The molecule has 22 heavy (non-hydrogen) atoms. The van der Waals surface area contributed by atoms with Gasteiger partial charge in [0.05, 0.1) is 11.9 Å². The SMILES string of the molecule is Cl.O=S(=O)(CC1CCCO1)NCC1NCCc2ccccc21. The third-order valence-corrected chi connectivity index (χ3v) is 5.57. The van der Waals surface area contributed by atoms with Gasteiger partial charge in [0.2, 0.25) is 10.0 Å². The maximum Gasteiger partial charge on any atom is 0.214 e. The van der Waals surface area contributed by atoms with Crippen LogP contribution in [0.25, 0.3) is 0 Å². The molecule has 2 atom stereocenters. The van der Waals surface area contributed by atoms with Crippen molar-refractivity contribution in [1.82, 2.24) is 10.0 Å². The van der Waals surface area contributed by atoms with Crippen LogP contribution in [0.4, 0.5) is 0 Å². The second kappa shape index (κ2) is 7.75. The van der Waals surface area contributed by atoms with Crippen LogP contribution in [0.1, 0.15) is 30.0 Å². The highest BCUT2D eigenvalue weighted by Gasteiger charge is 2.25. The van der Waals surface area contributed by atoms with E-state index in [4.69, 9.17) is 4.74 Å². The molecule has 0 amide bonds. The van der Waals surface area contributed by atoms with E-state index in [1.54, 1.807) is 0 Å². The molecule has 1 saturated heterocycles.